The summed E-state index contributed by atoms with van der Waals surface area (Å²) in [5, 5.41) is 6.86. The van der Waals surface area contributed by atoms with Crippen LogP contribution in [0.5, 0.6) is 5.75 Å². The van der Waals surface area contributed by atoms with E-state index in [0.717, 1.165) is 24.5 Å². The topological polar surface area (TPSA) is 50.4 Å². The number of rotatable bonds is 10. The first-order chi connectivity index (χ1) is 12.6. The largest absolute Gasteiger partial charge is 0.494 e. The molecule has 0 radical (unpaired) electrons. The van der Waals surface area contributed by atoms with Crippen LogP contribution >= 0.6 is 23.2 Å². The third-order valence-corrected chi connectivity index (χ3v) is 4.16. The van der Waals surface area contributed by atoms with Crippen LogP contribution in [0, 0.1) is 0 Å². The molecule has 0 atom stereocenters. The maximum atomic E-state index is 12.0. The molecule has 2 aromatic rings. The van der Waals surface area contributed by atoms with E-state index in [1.165, 1.54) is 19.3 Å². The van der Waals surface area contributed by atoms with Gasteiger partial charge in [-0.3, -0.25) is 4.79 Å². The molecule has 0 aliphatic heterocycles. The Morgan fingerprint density at radius 2 is 1.65 bits per heavy atom. The normalized spacial score (nSPS) is 10.4. The zero-order valence-corrected chi connectivity index (χ0v) is 16.4. The standard InChI is InChI=1S/C20H24Cl2N2O2/c1-2-3-4-5-10-26-19-8-6-17(7-9-19)24-20(25)14-23-18-12-15(21)11-16(22)13-18/h6-9,11-13,23H,2-5,10,14H2,1H3,(H,24,25). The van der Waals surface area contributed by atoms with Gasteiger partial charge in [0.1, 0.15) is 5.75 Å². The Morgan fingerprint density at radius 1 is 0.962 bits per heavy atom. The van der Waals surface area contributed by atoms with Gasteiger partial charge in [-0.1, -0.05) is 49.4 Å². The number of benzene rings is 2. The second-order valence-corrected chi connectivity index (χ2v) is 6.87. The van der Waals surface area contributed by atoms with Crippen LogP contribution in [0.1, 0.15) is 32.6 Å². The van der Waals surface area contributed by atoms with Gasteiger partial charge in [0.25, 0.3) is 0 Å². The van der Waals surface area contributed by atoms with Crippen molar-refractivity contribution in [1.29, 1.82) is 0 Å². The molecule has 0 aliphatic rings. The molecule has 1 amide bonds. The summed E-state index contributed by atoms with van der Waals surface area (Å²) in [6.45, 7) is 3.03. The molecule has 26 heavy (non-hydrogen) atoms. The predicted octanol–water partition coefficient (Wildman–Crippen LogP) is 6.00. The molecule has 2 rings (SSSR count). The Morgan fingerprint density at radius 3 is 2.31 bits per heavy atom. The summed E-state index contributed by atoms with van der Waals surface area (Å²) in [5.41, 5.74) is 1.42. The lowest BCUT2D eigenvalue weighted by Crippen LogP contribution is -2.21. The van der Waals surface area contributed by atoms with Crippen LogP contribution in [0.2, 0.25) is 10.0 Å². The molecule has 6 heteroatoms. The first-order valence-electron chi connectivity index (χ1n) is 8.79. The number of ether oxygens (including phenoxy) is 1. The summed E-state index contributed by atoms with van der Waals surface area (Å²) >= 11 is 11.9. The average molecular weight is 395 g/mol. The van der Waals surface area contributed by atoms with Crippen molar-refractivity contribution in [3.8, 4) is 5.75 Å². The van der Waals surface area contributed by atoms with Crippen LogP contribution in [0.3, 0.4) is 0 Å². The highest BCUT2D eigenvalue weighted by molar-refractivity contribution is 6.35. The molecule has 0 saturated heterocycles. The van der Waals surface area contributed by atoms with E-state index in [4.69, 9.17) is 27.9 Å². The predicted molar refractivity (Wildman–Crippen MR) is 110 cm³/mol. The average Bonchev–Trinajstić information content (AvgIpc) is 2.60. The van der Waals surface area contributed by atoms with Gasteiger partial charge >= 0.3 is 0 Å². The van der Waals surface area contributed by atoms with Crippen molar-refractivity contribution in [3.05, 3.63) is 52.5 Å². The van der Waals surface area contributed by atoms with Crippen molar-refractivity contribution in [3.63, 3.8) is 0 Å². The quantitative estimate of drug-likeness (QED) is 0.485. The number of anilines is 2. The molecule has 0 aromatic heterocycles. The highest BCUT2D eigenvalue weighted by atomic mass is 35.5. The van der Waals surface area contributed by atoms with Gasteiger partial charge in [0.15, 0.2) is 0 Å². The lowest BCUT2D eigenvalue weighted by Gasteiger charge is -2.10. The van der Waals surface area contributed by atoms with Gasteiger partial charge in [0.2, 0.25) is 5.91 Å². The van der Waals surface area contributed by atoms with Gasteiger partial charge in [0, 0.05) is 21.4 Å². The van der Waals surface area contributed by atoms with Gasteiger partial charge in [-0.05, 0) is 48.9 Å². The first kappa shape index (κ1) is 20.4. The van der Waals surface area contributed by atoms with Crippen LogP contribution in [-0.4, -0.2) is 19.1 Å². The molecule has 0 saturated carbocycles. The lowest BCUT2D eigenvalue weighted by atomic mass is 10.2. The molecular weight excluding hydrogens is 371 g/mol. The van der Waals surface area contributed by atoms with Crippen molar-refractivity contribution >= 4 is 40.5 Å². The molecule has 0 unspecified atom stereocenters. The number of amides is 1. The molecule has 2 N–H and O–H groups in total. The second kappa shape index (κ2) is 10.9. The monoisotopic (exact) mass is 394 g/mol. The van der Waals surface area contributed by atoms with E-state index in [9.17, 15) is 4.79 Å². The van der Waals surface area contributed by atoms with E-state index in [1.807, 2.05) is 24.3 Å². The fourth-order valence-corrected chi connectivity index (χ4v) is 2.92. The zero-order valence-electron chi connectivity index (χ0n) is 14.9. The van der Waals surface area contributed by atoms with E-state index in [1.54, 1.807) is 18.2 Å². The number of halogens is 2. The molecule has 4 nitrogen and oxygen atoms in total. The highest BCUT2D eigenvalue weighted by Gasteiger charge is 2.04. The van der Waals surface area contributed by atoms with E-state index in [2.05, 4.69) is 17.6 Å². The van der Waals surface area contributed by atoms with E-state index in [0.29, 0.717) is 15.7 Å². The highest BCUT2D eigenvalue weighted by Crippen LogP contribution is 2.22. The summed E-state index contributed by atoms with van der Waals surface area (Å²) in [6.07, 6.45) is 4.71. The van der Waals surface area contributed by atoms with Crippen LogP contribution in [-0.2, 0) is 4.79 Å². The fraction of sp³-hybridized carbons (Fsp3) is 0.350. The molecule has 2 aromatic carbocycles. The second-order valence-electron chi connectivity index (χ2n) is 5.99. The van der Waals surface area contributed by atoms with Gasteiger partial charge in [-0.25, -0.2) is 0 Å². The molecule has 0 aliphatic carbocycles. The van der Waals surface area contributed by atoms with Gasteiger partial charge in [-0.15, -0.1) is 0 Å². The van der Waals surface area contributed by atoms with Crippen LogP contribution in [0.15, 0.2) is 42.5 Å². The third kappa shape index (κ3) is 7.54. The van der Waals surface area contributed by atoms with Crippen molar-refractivity contribution < 1.29 is 9.53 Å². The van der Waals surface area contributed by atoms with Gasteiger partial charge < -0.3 is 15.4 Å². The number of carbonyl (C=O) groups is 1. The fourth-order valence-electron chi connectivity index (χ4n) is 2.40. The Hall–Kier alpha value is -1.91. The van der Waals surface area contributed by atoms with Crippen molar-refractivity contribution in [2.24, 2.45) is 0 Å². The molecule has 0 bridgehead atoms. The number of unbranched alkanes of at least 4 members (excludes halogenated alkanes) is 3. The Bertz CT molecular complexity index is 685. The van der Waals surface area contributed by atoms with E-state index < -0.39 is 0 Å². The van der Waals surface area contributed by atoms with Crippen LogP contribution < -0.4 is 15.4 Å². The minimum atomic E-state index is -0.158. The van der Waals surface area contributed by atoms with Gasteiger partial charge in [-0.2, -0.15) is 0 Å². The van der Waals surface area contributed by atoms with Crippen molar-refractivity contribution in [2.75, 3.05) is 23.8 Å². The first-order valence-corrected chi connectivity index (χ1v) is 9.55. The van der Waals surface area contributed by atoms with Gasteiger partial charge in [0.05, 0.1) is 13.2 Å². The summed E-state index contributed by atoms with van der Waals surface area (Å²) in [4.78, 5) is 12.0. The summed E-state index contributed by atoms with van der Waals surface area (Å²) < 4.78 is 5.69. The Labute approximate surface area is 164 Å². The number of nitrogens with one attached hydrogen (secondary N) is 2. The summed E-state index contributed by atoms with van der Waals surface area (Å²) in [7, 11) is 0. The summed E-state index contributed by atoms with van der Waals surface area (Å²) in [6, 6.07) is 12.5. The SMILES string of the molecule is CCCCCCOc1ccc(NC(=O)CNc2cc(Cl)cc(Cl)c2)cc1. The number of carbonyl (C=O) groups excluding carboxylic acids is 1. The van der Waals surface area contributed by atoms with E-state index in [-0.39, 0.29) is 12.5 Å². The number of hydrogen-bond donors (Lipinski definition) is 2. The van der Waals surface area contributed by atoms with E-state index >= 15 is 0 Å². The van der Waals surface area contributed by atoms with Crippen molar-refractivity contribution in [1.82, 2.24) is 0 Å². The maximum absolute atomic E-state index is 12.0. The summed E-state index contributed by atoms with van der Waals surface area (Å²) in [5.74, 6) is 0.653. The van der Waals surface area contributed by atoms with Crippen molar-refractivity contribution in [2.45, 2.75) is 32.6 Å². The molecule has 0 spiro atoms. The molecule has 0 heterocycles. The maximum Gasteiger partial charge on any atom is 0.243 e. The van der Waals surface area contributed by atoms with Crippen LogP contribution in [0.25, 0.3) is 0 Å². The Kier molecular flexibility index (Phi) is 8.59. The van der Waals surface area contributed by atoms with Crippen LogP contribution in [0.4, 0.5) is 11.4 Å². The Balaban J connectivity index is 1.74. The number of hydrogen-bond acceptors (Lipinski definition) is 3. The smallest absolute Gasteiger partial charge is 0.243 e. The minimum absolute atomic E-state index is 0.117. The third-order valence-electron chi connectivity index (χ3n) is 3.72. The molecule has 0 fully saturated rings. The zero-order chi connectivity index (χ0) is 18.8. The molecule has 140 valence electrons. The molecular formula is C20H24Cl2N2O2. The lowest BCUT2D eigenvalue weighted by molar-refractivity contribution is -0.114. The minimum Gasteiger partial charge on any atom is -0.494 e.